The van der Waals surface area contributed by atoms with E-state index in [1.165, 1.54) is 12.1 Å². The second-order valence-corrected chi connectivity index (χ2v) is 12.6. The number of amides is 1. The van der Waals surface area contributed by atoms with E-state index >= 15 is 0 Å². The van der Waals surface area contributed by atoms with Crippen LogP contribution < -0.4 is 9.62 Å². The van der Waals surface area contributed by atoms with Gasteiger partial charge in [-0.05, 0) is 61.2 Å². The molecule has 0 aliphatic heterocycles. The van der Waals surface area contributed by atoms with Crippen LogP contribution in [0.15, 0.2) is 82.6 Å². The predicted molar refractivity (Wildman–Crippen MR) is 142 cm³/mol. The van der Waals surface area contributed by atoms with Gasteiger partial charge in [-0.25, -0.2) is 16.8 Å². The highest BCUT2D eigenvalue weighted by Gasteiger charge is 2.29. The van der Waals surface area contributed by atoms with Gasteiger partial charge in [-0.15, -0.1) is 0 Å². The van der Waals surface area contributed by atoms with Crippen molar-refractivity contribution >= 4 is 31.5 Å². The van der Waals surface area contributed by atoms with E-state index in [0.717, 1.165) is 27.3 Å². The number of hydrogen-bond donors (Lipinski definition) is 1. The molecule has 36 heavy (non-hydrogen) atoms. The lowest BCUT2D eigenvalue weighted by Gasteiger charge is -2.27. The summed E-state index contributed by atoms with van der Waals surface area (Å²) in [4.78, 5) is 13.5. The van der Waals surface area contributed by atoms with Crippen molar-refractivity contribution in [3.05, 3.63) is 89.5 Å². The number of anilines is 1. The first-order valence-electron chi connectivity index (χ1n) is 11.7. The van der Waals surface area contributed by atoms with Crippen molar-refractivity contribution in [1.82, 2.24) is 5.32 Å². The van der Waals surface area contributed by atoms with Gasteiger partial charge in [0.15, 0.2) is 9.84 Å². The molecule has 0 heterocycles. The van der Waals surface area contributed by atoms with Gasteiger partial charge in [0, 0.05) is 6.26 Å². The normalized spacial score (nSPS) is 12.7. The predicted octanol–water partition coefficient (Wildman–Crippen LogP) is 4.42. The first kappa shape index (κ1) is 27.4. The van der Waals surface area contributed by atoms with Crippen LogP contribution in [-0.4, -0.2) is 35.5 Å². The zero-order valence-electron chi connectivity index (χ0n) is 20.9. The largest absolute Gasteiger partial charge is 0.348 e. The molecule has 1 unspecified atom stereocenters. The van der Waals surface area contributed by atoms with Crippen molar-refractivity contribution in [3.63, 3.8) is 0 Å². The summed E-state index contributed by atoms with van der Waals surface area (Å²) in [6, 6.07) is 19.6. The number of sulfonamides is 1. The summed E-state index contributed by atoms with van der Waals surface area (Å²) < 4.78 is 52.1. The molecule has 0 spiro atoms. The third-order valence-corrected chi connectivity index (χ3v) is 8.89. The fraction of sp³-hybridized carbons (Fsp3) is 0.296. The summed E-state index contributed by atoms with van der Waals surface area (Å²) in [7, 11) is -7.36. The van der Waals surface area contributed by atoms with Crippen LogP contribution in [0.3, 0.4) is 0 Å². The lowest BCUT2D eigenvalue weighted by Crippen LogP contribution is -2.42. The number of sulfone groups is 1. The first-order chi connectivity index (χ1) is 17.0. The van der Waals surface area contributed by atoms with E-state index in [2.05, 4.69) is 5.32 Å². The highest BCUT2D eigenvalue weighted by atomic mass is 32.2. The molecule has 1 N–H and O–H groups in total. The van der Waals surface area contributed by atoms with Gasteiger partial charge in [0.2, 0.25) is 5.91 Å². The van der Waals surface area contributed by atoms with Crippen molar-refractivity contribution in [2.24, 2.45) is 0 Å². The molecule has 3 aromatic rings. The lowest BCUT2D eigenvalue weighted by molar-refractivity contribution is -0.120. The molecule has 3 aromatic carbocycles. The summed E-state index contributed by atoms with van der Waals surface area (Å²) in [6.07, 6.45) is 2.28. The minimum atomic E-state index is -4.02. The molecule has 1 atom stereocenters. The molecule has 7 nitrogen and oxygen atoms in total. The van der Waals surface area contributed by atoms with Crippen LogP contribution in [0.2, 0.25) is 0 Å². The van der Waals surface area contributed by atoms with Crippen LogP contribution in [0.25, 0.3) is 0 Å². The molecule has 0 aliphatic rings. The number of carbonyl (C=O) groups is 1. The van der Waals surface area contributed by atoms with Gasteiger partial charge in [-0.3, -0.25) is 9.10 Å². The number of aryl methyl sites for hydroxylation is 2. The average molecular weight is 529 g/mol. The second-order valence-electron chi connectivity index (χ2n) is 8.68. The number of benzene rings is 3. The Morgan fingerprint density at radius 1 is 0.861 bits per heavy atom. The van der Waals surface area contributed by atoms with Crippen LogP contribution in [0, 0.1) is 6.92 Å². The van der Waals surface area contributed by atoms with E-state index in [0.29, 0.717) is 18.5 Å². The number of rotatable bonds is 10. The zero-order chi connectivity index (χ0) is 26.5. The molecule has 3 rings (SSSR count). The summed E-state index contributed by atoms with van der Waals surface area (Å²) in [5, 5.41) is 2.92. The van der Waals surface area contributed by atoms with Crippen molar-refractivity contribution in [3.8, 4) is 0 Å². The fourth-order valence-corrected chi connectivity index (χ4v) is 6.02. The Labute approximate surface area is 214 Å². The topological polar surface area (TPSA) is 101 Å². The molecule has 0 aliphatic carbocycles. The van der Waals surface area contributed by atoms with Crippen molar-refractivity contribution in [1.29, 1.82) is 0 Å². The third kappa shape index (κ3) is 6.33. The summed E-state index contributed by atoms with van der Waals surface area (Å²) >= 11 is 0. The van der Waals surface area contributed by atoms with Gasteiger partial charge in [-0.1, -0.05) is 61.9 Å². The van der Waals surface area contributed by atoms with Gasteiger partial charge in [0.1, 0.15) is 6.54 Å². The number of para-hydroxylation sites is 1. The Kier molecular flexibility index (Phi) is 8.58. The molecule has 0 fully saturated rings. The summed E-state index contributed by atoms with van der Waals surface area (Å²) in [5.74, 6) is -0.462. The molecule has 192 valence electrons. The van der Waals surface area contributed by atoms with Crippen LogP contribution in [0.1, 0.15) is 43.0 Å². The van der Waals surface area contributed by atoms with E-state index in [1.807, 2.05) is 32.9 Å². The molecule has 1 amide bonds. The van der Waals surface area contributed by atoms with Crippen LogP contribution in [0.4, 0.5) is 5.69 Å². The van der Waals surface area contributed by atoms with Gasteiger partial charge in [0.05, 0.1) is 21.5 Å². The Bertz CT molecular complexity index is 1420. The van der Waals surface area contributed by atoms with E-state index in [4.69, 9.17) is 0 Å². The van der Waals surface area contributed by atoms with E-state index < -0.39 is 38.4 Å². The number of carbonyl (C=O) groups excluding carboxylic acids is 1. The Balaban J connectivity index is 1.93. The maximum absolute atomic E-state index is 13.7. The molecule has 9 heteroatoms. The summed E-state index contributed by atoms with van der Waals surface area (Å²) in [5.41, 5.74) is 2.94. The minimum absolute atomic E-state index is 0.107. The van der Waals surface area contributed by atoms with Crippen molar-refractivity contribution < 1.29 is 21.6 Å². The highest BCUT2D eigenvalue weighted by molar-refractivity contribution is 7.93. The first-order valence-corrected chi connectivity index (χ1v) is 15.1. The number of nitrogens with zero attached hydrogens (tertiary/aromatic N) is 1. The number of nitrogens with one attached hydrogen (secondary N) is 1. The van der Waals surface area contributed by atoms with Crippen LogP contribution in [0.5, 0.6) is 0 Å². The van der Waals surface area contributed by atoms with Crippen molar-refractivity contribution in [2.75, 3.05) is 17.1 Å². The third-order valence-electron chi connectivity index (χ3n) is 5.99. The quantitative estimate of drug-likeness (QED) is 0.420. The van der Waals surface area contributed by atoms with Crippen LogP contribution in [-0.2, 0) is 31.1 Å². The minimum Gasteiger partial charge on any atom is -0.348 e. The smallest absolute Gasteiger partial charge is 0.264 e. The SMILES string of the molecule is CCc1ccccc1N(CC(=O)NC(CC)c1ccc(S(C)(=O)=O)cc1)S(=O)(=O)c1ccc(C)cc1. The van der Waals surface area contributed by atoms with Gasteiger partial charge >= 0.3 is 0 Å². The van der Waals surface area contributed by atoms with E-state index in [1.54, 1.807) is 48.5 Å². The Hall–Kier alpha value is -3.17. The molecule has 0 bridgehead atoms. The average Bonchev–Trinajstić information content (AvgIpc) is 2.85. The van der Waals surface area contributed by atoms with Gasteiger partial charge in [-0.2, -0.15) is 0 Å². The van der Waals surface area contributed by atoms with Gasteiger partial charge in [0.25, 0.3) is 10.0 Å². The lowest BCUT2D eigenvalue weighted by atomic mass is 10.0. The molecule has 0 saturated heterocycles. The zero-order valence-corrected chi connectivity index (χ0v) is 22.6. The van der Waals surface area contributed by atoms with Gasteiger partial charge < -0.3 is 5.32 Å². The van der Waals surface area contributed by atoms with E-state index in [-0.39, 0.29) is 9.79 Å². The molecule has 0 aromatic heterocycles. The molecule has 0 saturated carbocycles. The highest BCUT2D eigenvalue weighted by Crippen LogP contribution is 2.28. The molecular formula is C27H32N2O5S2. The number of hydrogen-bond acceptors (Lipinski definition) is 5. The second kappa shape index (κ2) is 11.3. The van der Waals surface area contributed by atoms with E-state index in [9.17, 15) is 21.6 Å². The standard InChI is InChI=1S/C27H32N2O5S2/c1-5-21-9-7-8-10-26(21)29(36(33,34)24-15-11-20(3)12-16-24)19-27(30)28-25(6-2)22-13-17-23(18-14-22)35(4,31)32/h7-18,25H,5-6,19H2,1-4H3,(H,28,30). The van der Waals surface area contributed by atoms with Crippen molar-refractivity contribution in [2.45, 2.75) is 49.4 Å². The fourth-order valence-electron chi connectivity index (χ4n) is 3.93. The van der Waals surface area contributed by atoms with Crippen LogP contribution >= 0.6 is 0 Å². The Morgan fingerprint density at radius 2 is 1.44 bits per heavy atom. The Morgan fingerprint density at radius 3 is 2.00 bits per heavy atom. The summed E-state index contributed by atoms with van der Waals surface area (Å²) in [6.45, 7) is 5.30. The molecule has 0 radical (unpaired) electrons. The monoisotopic (exact) mass is 528 g/mol. The maximum atomic E-state index is 13.7. The maximum Gasteiger partial charge on any atom is 0.264 e. The molecular weight excluding hydrogens is 496 g/mol.